The summed E-state index contributed by atoms with van der Waals surface area (Å²) in [5, 5.41) is 12.2. The van der Waals surface area contributed by atoms with Crippen molar-refractivity contribution < 1.29 is 9.90 Å². The van der Waals surface area contributed by atoms with Crippen LogP contribution in [0.5, 0.6) is 0 Å². The first kappa shape index (κ1) is 12.6. The molecule has 0 aromatic carbocycles. The van der Waals surface area contributed by atoms with Crippen LogP contribution in [0.3, 0.4) is 0 Å². The molecule has 1 saturated carbocycles. The third kappa shape index (κ3) is 2.52. The van der Waals surface area contributed by atoms with E-state index < -0.39 is 11.9 Å². The van der Waals surface area contributed by atoms with E-state index in [1.807, 2.05) is 0 Å². The number of aliphatic carboxylic acids is 1. The molecule has 1 aliphatic carbocycles. The van der Waals surface area contributed by atoms with Gasteiger partial charge in [-0.15, -0.1) is 0 Å². The van der Waals surface area contributed by atoms with Crippen molar-refractivity contribution in [3.63, 3.8) is 0 Å². The highest BCUT2D eigenvalue weighted by molar-refractivity contribution is 5.71. The second kappa shape index (κ2) is 5.20. The number of aromatic nitrogens is 2. The molecule has 2 rings (SSSR count). The van der Waals surface area contributed by atoms with Crippen molar-refractivity contribution in [2.24, 2.45) is 13.0 Å². The molecule has 2 N–H and O–H groups in total. The Kier molecular flexibility index (Phi) is 3.64. The summed E-state index contributed by atoms with van der Waals surface area (Å²) < 4.78 is 1.42. The Labute approximate surface area is 105 Å². The standard InChI is InChI=1S/C12H17N3O3/c1-15-7-6-13-10(11(15)16)14-9-5-3-2-4-8(9)12(17)18/h6-9H,2-5H2,1H3,(H,13,14)(H,17,18). The van der Waals surface area contributed by atoms with E-state index in [1.54, 1.807) is 13.2 Å². The second-order valence-corrected chi connectivity index (χ2v) is 4.67. The summed E-state index contributed by atoms with van der Waals surface area (Å²) in [5.74, 6) is -1.01. The lowest BCUT2D eigenvalue weighted by Gasteiger charge is -2.29. The zero-order chi connectivity index (χ0) is 13.1. The van der Waals surface area contributed by atoms with Crippen LogP contribution in [0.1, 0.15) is 25.7 Å². The molecule has 2 atom stereocenters. The highest BCUT2D eigenvalue weighted by Gasteiger charge is 2.31. The number of hydrogen-bond donors (Lipinski definition) is 2. The van der Waals surface area contributed by atoms with Gasteiger partial charge < -0.3 is 15.0 Å². The van der Waals surface area contributed by atoms with Crippen LogP contribution in [0.25, 0.3) is 0 Å². The molecular formula is C12H17N3O3. The molecule has 0 amide bonds. The van der Waals surface area contributed by atoms with E-state index in [4.69, 9.17) is 5.11 Å². The smallest absolute Gasteiger partial charge is 0.308 e. The fraction of sp³-hybridized carbons (Fsp3) is 0.583. The number of anilines is 1. The van der Waals surface area contributed by atoms with Gasteiger partial charge in [-0.05, 0) is 12.8 Å². The minimum atomic E-state index is -0.806. The quantitative estimate of drug-likeness (QED) is 0.831. The van der Waals surface area contributed by atoms with Crippen LogP contribution in [0.2, 0.25) is 0 Å². The van der Waals surface area contributed by atoms with E-state index in [9.17, 15) is 9.59 Å². The molecule has 2 unspecified atom stereocenters. The van der Waals surface area contributed by atoms with Gasteiger partial charge in [0.1, 0.15) is 0 Å². The van der Waals surface area contributed by atoms with Crippen molar-refractivity contribution in [1.82, 2.24) is 9.55 Å². The van der Waals surface area contributed by atoms with Crippen molar-refractivity contribution in [1.29, 1.82) is 0 Å². The molecule has 0 aliphatic heterocycles. The number of rotatable bonds is 3. The van der Waals surface area contributed by atoms with Gasteiger partial charge in [0.05, 0.1) is 5.92 Å². The fourth-order valence-electron chi connectivity index (χ4n) is 2.37. The number of nitrogens with zero attached hydrogens (tertiary/aromatic N) is 2. The first-order valence-corrected chi connectivity index (χ1v) is 6.10. The lowest BCUT2D eigenvalue weighted by Crippen LogP contribution is -2.39. The molecule has 0 saturated heterocycles. The summed E-state index contributed by atoms with van der Waals surface area (Å²) in [6.07, 6.45) is 6.42. The molecule has 1 aromatic heterocycles. The van der Waals surface area contributed by atoms with Crippen molar-refractivity contribution >= 4 is 11.8 Å². The molecule has 6 heteroatoms. The van der Waals surface area contributed by atoms with E-state index in [2.05, 4.69) is 10.3 Å². The topological polar surface area (TPSA) is 84.2 Å². The molecule has 1 heterocycles. The van der Waals surface area contributed by atoms with E-state index in [1.165, 1.54) is 10.8 Å². The van der Waals surface area contributed by atoms with Crippen LogP contribution >= 0.6 is 0 Å². The molecule has 1 aliphatic rings. The van der Waals surface area contributed by atoms with Crippen molar-refractivity contribution in [3.05, 3.63) is 22.7 Å². The maximum Gasteiger partial charge on any atom is 0.308 e. The maximum atomic E-state index is 11.8. The zero-order valence-electron chi connectivity index (χ0n) is 10.3. The number of carboxylic acids is 1. The molecule has 1 aromatic rings. The number of aryl methyl sites for hydroxylation is 1. The maximum absolute atomic E-state index is 11.8. The average Bonchev–Trinajstić information content (AvgIpc) is 2.35. The molecule has 0 radical (unpaired) electrons. The van der Waals surface area contributed by atoms with Gasteiger partial charge in [-0.3, -0.25) is 9.59 Å². The van der Waals surface area contributed by atoms with E-state index in [0.717, 1.165) is 19.3 Å². The molecule has 0 bridgehead atoms. The number of carboxylic acid groups (broad SMARTS) is 1. The summed E-state index contributed by atoms with van der Waals surface area (Å²) in [5.41, 5.74) is -0.229. The third-order valence-electron chi connectivity index (χ3n) is 3.42. The van der Waals surface area contributed by atoms with E-state index in [-0.39, 0.29) is 17.4 Å². The zero-order valence-corrected chi connectivity index (χ0v) is 10.3. The normalized spacial score (nSPS) is 23.6. The Balaban J connectivity index is 2.19. The van der Waals surface area contributed by atoms with Crippen LogP contribution in [-0.4, -0.2) is 26.7 Å². The largest absolute Gasteiger partial charge is 0.481 e. The Morgan fingerprint density at radius 3 is 2.94 bits per heavy atom. The van der Waals surface area contributed by atoms with E-state index >= 15 is 0 Å². The van der Waals surface area contributed by atoms with Gasteiger partial charge in [0.25, 0.3) is 5.56 Å². The molecule has 98 valence electrons. The average molecular weight is 251 g/mol. The SMILES string of the molecule is Cn1ccnc(NC2CCCCC2C(=O)O)c1=O. The second-order valence-electron chi connectivity index (χ2n) is 4.67. The predicted octanol–water partition coefficient (Wildman–Crippen LogP) is 0.836. The minimum absolute atomic E-state index is 0.209. The van der Waals surface area contributed by atoms with Crippen molar-refractivity contribution in [2.45, 2.75) is 31.7 Å². The predicted molar refractivity (Wildman–Crippen MR) is 66.5 cm³/mol. The highest BCUT2D eigenvalue weighted by atomic mass is 16.4. The molecular weight excluding hydrogens is 234 g/mol. The van der Waals surface area contributed by atoms with Gasteiger partial charge in [0.2, 0.25) is 0 Å². The van der Waals surface area contributed by atoms with Gasteiger partial charge in [0.15, 0.2) is 5.82 Å². The molecule has 0 spiro atoms. The summed E-state index contributed by atoms with van der Waals surface area (Å²) in [6, 6.07) is -0.209. The Hall–Kier alpha value is -1.85. The van der Waals surface area contributed by atoms with Gasteiger partial charge in [-0.2, -0.15) is 0 Å². The van der Waals surface area contributed by atoms with Gasteiger partial charge >= 0.3 is 5.97 Å². The van der Waals surface area contributed by atoms with Crippen LogP contribution in [0, 0.1) is 5.92 Å². The summed E-state index contributed by atoms with van der Waals surface area (Å²) in [7, 11) is 1.64. The Morgan fingerprint density at radius 2 is 2.22 bits per heavy atom. The lowest BCUT2D eigenvalue weighted by atomic mass is 9.84. The Morgan fingerprint density at radius 1 is 1.50 bits per heavy atom. The Bertz CT molecular complexity index is 498. The van der Waals surface area contributed by atoms with Crippen molar-refractivity contribution in [3.8, 4) is 0 Å². The summed E-state index contributed by atoms with van der Waals surface area (Å²) >= 11 is 0. The molecule has 18 heavy (non-hydrogen) atoms. The molecule has 1 fully saturated rings. The fourth-order valence-corrected chi connectivity index (χ4v) is 2.37. The van der Waals surface area contributed by atoms with Crippen LogP contribution < -0.4 is 10.9 Å². The first-order valence-electron chi connectivity index (χ1n) is 6.10. The lowest BCUT2D eigenvalue weighted by molar-refractivity contribution is -0.143. The van der Waals surface area contributed by atoms with E-state index in [0.29, 0.717) is 6.42 Å². The first-order chi connectivity index (χ1) is 8.59. The monoisotopic (exact) mass is 251 g/mol. The van der Waals surface area contributed by atoms with Crippen LogP contribution in [0.4, 0.5) is 5.82 Å². The van der Waals surface area contributed by atoms with Gasteiger partial charge in [-0.1, -0.05) is 12.8 Å². The number of hydrogen-bond acceptors (Lipinski definition) is 4. The van der Waals surface area contributed by atoms with Crippen molar-refractivity contribution in [2.75, 3.05) is 5.32 Å². The summed E-state index contributed by atoms with van der Waals surface area (Å²) in [6.45, 7) is 0. The van der Waals surface area contributed by atoms with Crippen LogP contribution in [0.15, 0.2) is 17.2 Å². The van der Waals surface area contributed by atoms with Crippen LogP contribution in [-0.2, 0) is 11.8 Å². The molecule has 6 nitrogen and oxygen atoms in total. The van der Waals surface area contributed by atoms with Gasteiger partial charge in [-0.25, -0.2) is 4.98 Å². The number of nitrogens with one attached hydrogen (secondary N) is 1. The third-order valence-corrected chi connectivity index (χ3v) is 3.42. The highest BCUT2D eigenvalue weighted by Crippen LogP contribution is 2.26. The number of carbonyl (C=O) groups is 1. The summed E-state index contributed by atoms with van der Waals surface area (Å²) in [4.78, 5) is 27.0. The van der Waals surface area contributed by atoms with Gasteiger partial charge in [0, 0.05) is 25.5 Å². The minimum Gasteiger partial charge on any atom is -0.481 e.